The van der Waals surface area contributed by atoms with Crippen molar-refractivity contribution in [2.45, 2.75) is 58.0 Å². The number of amides is 2. The molecular weight excluding hydrogens is 260 g/mol. The number of aliphatic carboxylic acids is 1. The summed E-state index contributed by atoms with van der Waals surface area (Å²) < 4.78 is 0. The van der Waals surface area contributed by atoms with Gasteiger partial charge in [-0.2, -0.15) is 0 Å². The van der Waals surface area contributed by atoms with Crippen LogP contribution in [0.5, 0.6) is 0 Å². The highest BCUT2D eigenvalue weighted by Crippen LogP contribution is 2.26. The Morgan fingerprint density at radius 1 is 1.30 bits per heavy atom. The standard InChI is InChI=1S/C14H26N2O4/c1-3-10(4-2)16(8-9-17)14(20)15-12-7-5-6-11(12)13(18)19/h10-12,17H,3-9H2,1-2H3,(H,15,20)(H,18,19). The lowest BCUT2D eigenvalue weighted by molar-refractivity contribution is -0.142. The van der Waals surface area contributed by atoms with E-state index in [2.05, 4.69) is 5.32 Å². The number of hydrogen-bond acceptors (Lipinski definition) is 3. The second-order valence-electron chi connectivity index (χ2n) is 5.32. The molecule has 0 saturated heterocycles. The normalized spacial score (nSPS) is 22.0. The van der Waals surface area contributed by atoms with Crippen LogP contribution in [0.25, 0.3) is 0 Å². The fraction of sp³-hybridized carbons (Fsp3) is 0.857. The third kappa shape index (κ3) is 4.10. The molecule has 0 bridgehead atoms. The summed E-state index contributed by atoms with van der Waals surface area (Å²) in [5.74, 6) is -1.33. The van der Waals surface area contributed by atoms with E-state index in [0.29, 0.717) is 12.8 Å². The summed E-state index contributed by atoms with van der Waals surface area (Å²) in [5, 5.41) is 21.1. The van der Waals surface area contributed by atoms with E-state index in [1.165, 1.54) is 0 Å². The first-order chi connectivity index (χ1) is 9.54. The Hall–Kier alpha value is -1.30. The number of carbonyl (C=O) groups is 2. The van der Waals surface area contributed by atoms with Crippen LogP contribution in [-0.4, -0.2) is 52.3 Å². The highest BCUT2D eigenvalue weighted by atomic mass is 16.4. The van der Waals surface area contributed by atoms with Crippen molar-refractivity contribution in [3.8, 4) is 0 Å². The monoisotopic (exact) mass is 286 g/mol. The van der Waals surface area contributed by atoms with E-state index in [9.17, 15) is 9.59 Å². The predicted octanol–water partition coefficient (Wildman–Crippen LogP) is 1.43. The number of carboxylic acid groups (broad SMARTS) is 1. The molecule has 3 N–H and O–H groups in total. The highest BCUT2D eigenvalue weighted by molar-refractivity contribution is 5.77. The number of carboxylic acids is 1. The predicted molar refractivity (Wildman–Crippen MR) is 75.5 cm³/mol. The summed E-state index contributed by atoms with van der Waals surface area (Å²) in [7, 11) is 0. The van der Waals surface area contributed by atoms with Crippen molar-refractivity contribution in [3.63, 3.8) is 0 Å². The number of nitrogens with one attached hydrogen (secondary N) is 1. The molecule has 0 heterocycles. The number of aliphatic hydroxyl groups excluding tert-OH is 1. The summed E-state index contributed by atoms with van der Waals surface area (Å²) in [5.41, 5.74) is 0. The fourth-order valence-corrected chi connectivity index (χ4v) is 2.96. The topological polar surface area (TPSA) is 89.9 Å². The van der Waals surface area contributed by atoms with Crippen molar-refractivity contribution < 1.29 is 19.8 Å². The van der Waals surface area contributed by atoms with Gasteiger partial charge < -0.3 is 20.4 Å². The molecule has 1 saturated carbocycles. The number of hydrogen-bond donors (Lipinski definition) is 3. The summed E-state index contributed by atoms with van der Waals surface area (Å²) in [6, 6.07) is -0.478. The van der Waals surface area contributed by atoms with Gasteiger partial charge in [0.15, 0.2) is 0 Å². The van der Waals surface area contributed by atoms with Crippen molar-refractivity contribution in [2.24, 2.45) is 5.92 Å². The Kier molecular flexibility index (Phi) is 6.78. The largest absolute Gasteiger partial charge is 0.481 e. The van der Waals surface area contributed by atoms with Crippen LogP contribution in [0.1, 0.15) is 46.0 Å². The fourth-order valence-electron chi connectivity index (χ4n) is 2.96. The quantitative estimate of drug-likeness (QED) is 0.660. The number of rotatable bonds is 7. The van der Waals surface area contributed by atoms with E-state index in [-0.39, 0.29) is 31.3 Å². The van der Waals surface area contributed by atoms with E-state index in [1.807, 2.05) is 13.8 Å². The first kappa shape index (κ1) is 16.8. The van der Waals surface area contributed by atoms with E-state index in [1.54, 1.807) is 4.90 Å². The number of urea groups is 1. The van der Waals surface area contributed by atoms with E-state index in [4.69, 9.17) is 10.2 Å². The number of carbonyl (C=O) groups excluding carboxylic acids is 1. The molecule has 0 aromatic rings. The van der Waals surface area contributed by atoms with Crippen molar-refractivity contribution >= 4 is 12.0 Å². The van der Waals surface area contributed by atoms with Crippen LogP contribution in [0.2, 0.25) is 0 Å². The first-order valence-electron chi connectivity index (χ1n) is 7.45. The van der Waals surface area contributed by atoms with Crippen molar-refractivity contribution in [1.82, 2.24) is 10.2 Å². The lowest BCUT2D eigenvalue weighted by Crippen LogP contribution is -2.51. The van der Waals surface area contributed by atoms with E-state index < -0.39 is 11.9 Å². The zero-order chi connectivity index (χ0) is 15.1. The van der Waals surface area contributed by atoms with Gasteiger partial charge in [-0.15, -0.1) is 0 Å². The van der Waals surface area contributed by atoms with Gasteiger partial charge in [0.25, 0.3) is 0 Å². The average molecular weight is 286 g/mol. The smallest absolute Gasteiger partial charge is 0.317 e. The molecule has 116 valence electrons. The molecule has 0 spiro atoms. The first-order valence-corrected chi connectivity index (χ1v) is 7.45. The van der Waals surface area contributed by atoms with Crippen molar-refractivity contribution in [1.29, 1.82) is 0 Å². The van der Waals surface area contributed by atoms with Gasteiger partial charge in [-0.3, -0.25) is 4.79 Å². The molecule has 2 amide bonds. The molecule has 6 nitrogen and oxygen atoms in total. The van der Waals surface area contributed by atoms with Crippen LogP contribution in [-0.2, 0) is 4.79 Å². The van der Waals surface area contributed by atoms with Crippen LogP contribution in [0.15, 0.2) is 0 Å². The van der Waals surface area contributed by atoms with Crippen molar-refractivity contribution in [3.05, 3.63) is 0 Å². The Labute approximate surface area is 120 Å². The summed E-state index contributed by atoms with van der Waals surface area (Å²) >= 11 is 0. The molecule has 6 heteroatoms. The Morgan fingerprint density at radius 2 is 1.95 bits per heavy atom. The molecule has 0 radical (unpaired) electrons. The molecule has 2 unspecified atom stereocenters. The minimum Gasteiger partial charge on any atom is -0.481 e. The molecule has 0 aromatic heterocycles. The third-order valence-corrected chi connectivity index (χ3v) is 4.13. The average Bonchev–Trinajstić information content (AvgIpc) is 2.87. The van der Waals surface area contributed by atoms with Gasteiger partial charge in [0, 0.05) is 18.6 Å². The molecule has 0 aromatic carbocycles. The van der Waals surface area contributed by atoms with Gasteiger partial charge in [0.1, 0.15) is 0 Å². The Balaban J connectivity index is 2.68. The highest BCUT2D eigenvalue weighted by Gasteiger charge is 2.35. The zero-order valence-electron chi connectivity index (χ0n) is 12.3. The molecule has 0 aliphatic heterocycles. The second kappa shape index (κ2) is 8.09. The second-order valence-corrected chi connectivity index (χ2v) is 5.32. The van der Waals surface area contributed by atoms with Gasteiger partial charge >= 0.3 is 12.0 Å². The lowest BCUT2D eigenvalue weighted by atomic mass is 10.0. The molecule has 1 aliphatic carbocycles. The molecular formula is C14H26N2O4. The summed E-state index contributed by atoms with van der Waals surface area (Å²) in [4.78, 5) is 25.1. The molecule has 1 rings (SSSR count). The molecule has 1 aliphatic rings. The van der Waals surface area contributed by atoms with Gasteiger partial charge in [0.05, 0.1) is 12.5 Å². The number of nitrogens with zero attached hydrogens (tertiary/aromatic N) is 1. The van der Waals surface area contributed by atoms with Crippen LogP contribution in [0, 0.1) is 5.92 Å². The Morgan fingerprint density at radius 3 is 2.45 bits per heavy atom. The maximum atomic E-state index is 12.3. The van der Waals surface area contributed by atoms with E-state index >= 15 is 0 Å². The lowest BCUT2D eigenvalue weighted by Gasteiger charge is -2.32. The summed E-state index contributed by atoms with van der Waals surface area (Å²) in [6.45, 7) is 4.20. The number of aliphatic hydroxyl groups is 1. The van der Waals surface area contributed by atoms with Gasteiger partial charge in [0.2, 0.25) is 0 Å². The van der Waals surface area contributed by atoms with Gasteiger partial charge in [-0.25, -0.2) is 4.79 Å². The Bertz CT molecular complexity index is 331. The van der Waals surface area contributed by atoms with Crippen LogP contribution >= 0.6 is 0 Å². The van der Waals surface area contributed by atoms with E-state index in [0.717, 1.165) is 19.3 Å². The molecule has 2 atom stereocenters. The van der Waals surface area contributed by atoms with Crippen molar-refractivity contribution in [2.75, 3.05) is 13.2 Å². The SMILES string of the molecule is CCC(CC)N(CCO)C(=O)NC1CCCC1C(=O)O. The summed E-state index contributed by atoms with van der Waals surface area (Å²) in [6.07, 6.45) is 3.78. The minimum atomic E-state index is -0.843. The van der Waals surface area contributed by atoms with Crippen LogP contribution < -0.4 is 5.32 Å². The maximum Gasteiger partial charge on any atom is 0.317 e. The van der Waals surface area contributed by atoms with Crippen LogP contribution in [0.4, 0.5) is 4.79 Å². The zero-order valence-corrected chi connectivity index (χ0v) is 12.3. The van der Waals surface area contributed by atoms with Gasteiger partial charge in [-0.05, 0) is 25.7 Å². The molecule has 1 fully saturated rings. The maximum absolute atomic E-state index is 12.3. The molecule has 20 heavy (non-hydrogen) atoms. The third-order valence-electron chi connectivity index (χ3n) is 4.13. The van der Waals surface area contributed by atoms with Crippen LogP contribution in [0.3, 0.4) is 0 Å². The minimum absolute atomic E-state index is 0.0758. The van der Waals surface area contributed by atoms with Gasteiger partial charge in [-0.1, -0.05) is 20.3 Å².